The quantitative estimate of drug-likeness (QED) is 0.652. The molecule has 0 amide bonds. The van der Waals surface area contributed by atoms with Crippen LogP contribution >= 0.6 is 0 Å². The van der Waals surface area contributed by atoms with Crippen LogP contribution in [0.1, 0.15) is 32.1 Å². The molecule has 0 radical (unpaired) electrons. The van der Waals surface area contributed by atoms with Crippen LogP contribution < -0.4 is 5.32 Å². The van der Waals surface area contributed by atoms with Gasteiger partial charge in [0.25, 0.3) is 0 Å². The number of rotatable bonds is 1. The van der Waals surface area contributed by atoms with Gasteiger partial charge in [-0.1, -0.05) is 19.3 Å². The predicted octanol–water partition coefficient (Wildman–Crippen LogP) is 2.60. The lowest BCUT2D eigenvalue weighted by atomic mass is 9.88. The molecule has 1 heterocycles. The SMILES string of the molecule is C1=CN=C(C2CCCCC2)NC=C1. The summed E-state index contributed by atoms with van der Waals surface area (Å²) in [5, 5.41) is 3.26. The van der Waals surface area contributed by atoms with E-state index >= 15 is 0 Å². The minimum Gasteiger partial charge on any atom is -0.350 e. The van der Waals surface area contributed by atoms with Crippen LogP contribution in [0.3, 0.4) is 0 Å². The highest BCUT2D eigenvalue weighted by molar-refractivity contribution is 5.86. The molecule has 2 heteroatoms. The van der Waals surface area contributed by atoms with Crippen LogP contribution in [0.4, 0.5) is 0 Å². The molecule has 0 atom stereocenters. The molecule has 0 aromatic rings. The fraction of sp³-hybridized carbons (Fsp3) is 0.545. The average molecular weight is 176 g/mol. The number of amidine groups is 1. The molecule has 0 aromatic heterocycles. The summed E-state index contributed by atoms with van der Waals surface area (Å²) in [5.74, 6) is 1.82. The molecule has 2 nitrogen and oxygen atoms in total. The van der Waals surface area contributed by atoms with Gasteiger partial charge in [-0.2, -0.15) is 0 Å². The van der Waals surface area contributed by atoms with E-state index in [1.165, 1.54) is 32.1 Å². The van der Waals surface area contributed by atoms with Crippen LogP contribution in [0.2, 0.25) is 0 Å². The molecular weight excluding hydrogens is 160 g/mol. The molecule has 70 valence electrons. The van der Waals surface area contributed by atoms with Crippen molar-refractivity contribution in [3.63, 3.8) is 0 Å². The van der Waals surface area contributed by atoms with Gasteiger partial charge in [-0.05, 0) is 25.0 Å². The highest BCUT2D eigenvalue weighted by Crippen LogP contribution is 2.24. The Bertz CT molecular complexity index is 245. The van der Waals surface area contributed by atoms with Crippen molar-refractivity contribution in [2.24, 2.45) is 10.9 Å². The van der Waals surface area contributed by atoms with Crippen molar-refractivity contribution in [2.75, 3.05) is 0 Å². The zero-order valence-corrected chi connectivity index (χ0v) is 7.87. The Balaban J connectivity index is 2.01. The summed E-state index contributed by atoms with van der Waals surface area (Å²) < 4.78 is 0. The normalized spacial score (nSPS) is 23.5. The third-order valence-electron chi connectivity index (χ3n) is 2.73. The van der Waals surface area contributed by atoms with Crippen molar-refractivity contribution in [1.82, 2.24) is 5.32 Å². The molecule has 0 saturated heterocycles. The van der Waals surface area contributed by atoms with E-state index < -0.39 is 0 Å². The van der Waals surface area contributed by atoms with Gasteiger partial charge in [-0.3, -0.25) is 0 Å². The molecule has 0 bridgehead atoms. The number of nitrogens with one attached hydrogen (secondary N) is 1. The summed E-state index contributed by atoms with van der Waals surface area (Å²) in [6.07, 6.45) is 14.5. The smallest absolute Gasteiger partial charge is 0.109 e. The van der Waals surface area contributed by atoms with Crippen molar-refractivity contribution in [2.45, 2.75) is 32.1 Å². The number of hydrogen-bond acceptors (Lipinski definition) is 2. The van der Waals surface area contributed by atoms with Gasteiger partial charge >= 0.3 is 0 Å². The fourth-order valence-electron chi connectivity index (χ4n) is 2.00. The Morgan fingerprint density at radius 3 is 2.85 bits per heavy atom. The maximum absolute atomic E-state index is 4.41. The van der Waals surface area contributed by atoms with Gasteiger partial charge in [-0.15, -0.1) is 0 Å². The van der Waals surface area contributed by atoms with Gasteiger partial charge in [0.1, 0.15) is 5.84 Å². The lowest BCUT2D eigenvalue weighted by Gasteiger charge is -2.22. The van der Waals surface area contributed by atoms with Crippen molar-refractivity contribution >= 4 is 5.84 Å². The number of allylic oxidation sites excluding steroid dienone is 2. The lowest BCUT2D eigenvalue weighted by Crippen LogP contribution is -2.28. The molecule has 0 unspecified atom stereocenters. The van der Waals surface area contributed by atoms with Crippen LogP contribution in [-0.4, -0.2) is 5.84 Å². The molecule has 1 fully saturated rings. The molecule has 0 aromatic carbocycles. The summed E-state index contributed by atoms with van der Waals surface area (Å²) in [5.41, 5.74) is 0. The maximum atomic E-state index is 4.41. The van der Waals surface area contributed by atoms with Crippen LogP contribution in [-0.2, 0) is 0 Å². The second-order valence-corrected chi connectivity index (χ2v) is 3.69. The van der Waals surface area contributed by atoms with Crippen LogP contribution in [0.15, 0.2) is 29.5 Å². The minimum absolute atomic E-state index is 0.668. The molecule has 2 aliphatic rings. The Morgan fingerprint density at radius 2 is 2.00 bits per heavy atom. The zero-order chi connectivity index (χ0) is 8.93. The van der Waals surface area contributed by atoms with Crippen molar-refractivity contribution < 1.29 is 0 Å². The molecule has 1 aliphatic carbocycles. The van der Waals surface area contributed by atoms with E-state index in [9.17, 15) is 0 Å². The molecule has 1 saturated carbocycles. The van der Waals surface area contributed by atoms with Crippen LogP contribution in [0, 0.1) is 5.92 Å². The van der Waals surface area contributed by atoms with E-state index in [2.05, 4.69) is 10.3 Å². The fourth-order valence-corrected chi connectivity index (χ4v) is 2.00. The van der Waals surface area contributed by atoms with Crippen molar-refractivity contribution in [3.05, 3.63) is 24.6 Å². The molecule has 13 heavy (non-hydrogen) atoms. The largest absolute Gasteiger partial charge is 0.350 e. The zero-order valence-electron chi connectivity index (χ0n) is 7.87. The van der Waals surface area contributed by atoms with Gasteiger partial charge < -0.3 is 5.32 Å². The van der Waals surface area contributed by atoms with Gasteiger partial charge in [-0.25, -0.2) is 4.99 Å². The highest BCUT2D eigenvalue weighted by Gasteiger charge is 2.18. The van der Waals surface area contributed by atoms with E-state index in [-0.39, 0.29) is 0 Å². The maximum Gasteiger partial charge on any atom is 0.109 e. The summed E-state index contributed by atoms with van der Waals surface area (Å²) in [6, 6.07) is 0. The van der Waals surface area contributed by atoms with Gasteiger partial charge in [0.2, 0.25) is 0 Å². The first-order valence-corrected chi connectivity index (χ1v) is 5.13. The second kappa shape index (κ2) is 4.26. The molecule has 1 aliphatic heterocycles. The van der Waals surface area contributed by atoms with E-state index in [4.69, 9.17) is 0 Å². The van der Waals surface area contributed by atoms with Gasteiger partial charge in [0, 0.05) is 18.3 Å². The lowest BCUT2D eigenvalue weighted by molar-refractivity contribution is 0.434. The second-order valence-electron chi connectivity index (χ2n) is 3.69. The molecule has 0 spiro atoms. The highest BCUT2D eigenvalue weighted by atomic mass is 15.0. The van der Waals surface area contributed by atoms with Crippen molar-refractivity contribution in [1.29, 1.82) is 0 Å². The number of nitrogens with zero attached hydrogens (tertiary/aromatic N) is 1. The van der Waals surface area contributed by atoms with Crippen LogP contribution in [0.25, 0.3) is 0 Å². The third kappa shape index (κ3) is 2.20. The Hall–Kier alpha value is -1.05. The predicted molar refractivity (Wildman–Crippen MR) is 55.4 cm³/mol. The Labute approximate surface area is 79.4 Å². The third-order valence-corrected chi connectivity index (χ3v) is 2.73. The molecule has 1 N–H and O–H groups in total. The average Bonchev–Trinajstić information content (AvgIpc) is 2.47. The monoisotopic (exact) mass is 176 g/mol. The van der Waals surface area contributed by atoms with E-state index in [0.29, 0.717) is 5.92 Å². The Kier molecular flexibility index (Phi) is 2.80. The summed E-state index contributed by atoms with van der Waals surface area (Å²) >= 11 is 0. The first kappa shape index (κ1) is 8.54. The summed E-state index contributed by atoms with van der Waals surface area (Å²) in [6.45, 7) is 0. The molecular formula is C11H16N2. The summed E-state index contributed by atoms with van der Waals surface area (Å²) in [4.78, 5) is 4.41. The van der Waals surface area contributed by atoms with Gasteiger partial charge in [0.15, 0.2) is 0 Å². The van der Waals surface area contributed by atoms with E-state index in [0.717, 1.165) is 5.84 Å². The van der Waals surface area contributed by atoms with E-state index in [1.54, 1.807) is 0 Å². The first-order chi connectivity index (χ1) is 6.47. The topological polar surface area (TPSA) is 24.4 Å². The number of hydrogen-bond donors (Lipinski definition) is 1. The van der Waals surface area contributed by atoms with Crippen LogP contribution in [0.5, 0.6) is 0 Å². The van der Waals surface area contributed by atoms with E-state index in [1.807, 2.05) is 24.6 Å². The minimum atomic E-state index is 0.668. The number of aliphatic imine (C=N–C) groups is 1. The van der Waals surface area contributed by atoms with Crippen molar-refractivity contribution in [3.8, 4) is 0 Å². The Morgan fingerprint density at radius 1 is 1.15 bits per heavy atom. The molecule has 2 rings (SSSR count). The van der Waals surface area contributed by atoms with Gasteiger partial charge in [0.05, 0.1) is 0 Å². The first-order valence-electron chi connectivity index (χ1n) is 5.13. The standard InChI is InChI=1S/C11H16N2/c1-2-6-10(7-3-1)11-12-8-4-5-9-13-11/h4-5,8-10H,1-3,6-7H2,(H,12,13). The summed E-state index contributed by atoms with van der Waals surface area (Å²) in [7, 11) is 0.